The Morgan fingerprint density at radius 2 is 1.77 bits per heavy atom. The van der Waals surface area contributed by atoms with Crippen molar-refractivity contribution in [2.75, 3.05) is 0 Å². The van der Waals surface area contributed by atoms with E-state index < -0.39 is 6.97 Å². The molecule has 7 heteroatoms. The summed E-state index contributed by atoms with van der Waals surface area (Å²) in [5, 5.41) is 0.862. The van der Waals surface area contributed by atoms with E-state index >= 15 is 0 Å². The molecule has 0 unspecified atom stereocenters. The predicted molar refractivity (Wildman–Crippen MR) is 85.7 cm³/mol. The van der Waals surface area contributed by atoms with Crippen LogP contribution >= 0.6 is 23.2 Å². The summed E-state index contributed by atoms with van der Waals surface area (Å²) in [5.74, 6) is 0. The molecule has 110 valence electrons. The van der Waals surface area contributed by atoms with Crippen LogP contribution in [0.1, 0.15) is 11.3 Å². The zero-order chi connectivity index (χ0) is 15.5. The molecule has 0 radical (unpaired) electrons. The van der Waals surface area contributed by atoms with E-state index in [4.69, 9.17) is 23.2 Å². The number of allylic oxidation sites excluding steroid dienone is 2. The van der Waals surface area contributed by atoms with Crippen molar-refractivity contribution in [3.05, 3.63) is 75.7 Å². The molecule has 0 atom stereocenters. The Kier molecular flexibility index (Phi) is 2.87. The molecule has 1 aromatic heterocycles. The smallest absolute Gasteiger partial charge is 0.396 e. The lowest BCUT2D eigenvalue weighted by Crippen LogP contribution is -2.49. The number of aromatic nitrogens is 1. The summed E-state index contributed by atoms with van der Waals surface area (Å²) in [6, 6.07) is 8.39. The second-order valence-corrected chi connectivity index (χ2v) is 5.98. The molecule has 2 aliphatic rings. The van der Waals surface area contributed by atoms with Crippen molar-refractivity contribution in [1.29, 1.82) is 0 Å². The van der Waals surface area contributed by atoms with Gasteiger partial charge in [0.1, 0.15) is 6.21 Å². The fraction of sp³-hybridized carbons (Fsp3) is 0. The van der Waals surface area contributed by atoms with E-state index in [1.165, 1.54) is 12.4 Å². The Morgan fingerprint density at radius 1 is 1.05 bits per heavy atom. The van der Waals surface area contributed by atoms with Crippen LogP contribution in [0.15, 0.2) is 54.4 Å². The SMILES string of the molecule is F[B-]1(F)n2cccc2C(c2c(Cl)cccc2Cl)=C2C=CC=[N+]21. The molecule has 2 aromatic rings. The van der Waals surface area contributed by atoms with Gasteiger partial charge in [0.2, 0.25) is 0 Å². The molecule has 0 bridgehead atoms. The lowest BCUT2D eigenvalue weighted by molar-refractivity contribution is -0.356. The lowest BCUT2D eigenvalue weighted by Gasteiger charge is -2.31. The molecule has 0 N–H and O–H groups in total. The average Bonchev–Trinajstić information content (AvgIpc) is 3.11. The molecule has 0 saturated heterocycles. The van der Waals surface area contributed by atoms with Crippen molar-refractivity contribution in [3.63, 3.8) is 0 Å². The molecular formula is C15H9BCl2F2N2. The Morgan fingerprint density at radius 3 is 2.50 bits per heavy atom. The monoisotopic (exact) mass is 336 g/mol. The van der Waals surface area contributed by atoms with E-state index in [1.807, 2.05) is 0 Å². The molecular weight excluding hydrogens is 328 g/mol. The van der Waals surface area contributed by atoms with Gasteiger partial charge in [-0.1, -0.05) is 29.3 Å². The summed E-state index contributed by atoms with van der Waals surface area (Å²) < 4.78 is 31.3. The zero-order valence-corrected chi connectivity index (χ0v) is 12.7. The molecule has 0 aliphatic carbocycles. The van der Waals surface area contributed by atoms with Crippen LogP contribution in [0.4, 0.5) is 8.63 Å². The normalized spacial score (nSPS) is 18.3. The second kappa shape index (κ2) is 4.57. The molecule has 4 rings (SSSR count). The highest BCUT2D eigenvalue weighted by atomic mass is 35.5. The molecule has 2 nitrogen and oxygen atoms in total. The Bertz CT molecular complexity index is 876. The zero-order valence-electron chi connectivity index (χ0n) is 11.2. The van der Waals surface area contributed by atoms with Crippen molar-refractivity contribution in [2.24, 2.45) is 0 Å². The van der Waals surface area contributed by atoms with Gasteiger partial charge in [-0.05, 0) is 30.5 Å². The first kappa shape index (κ1) is 13.8. The van der Waals surface area contributed by atoms with Gasteiger partial charge in [-0.25, -0.2) is 0 Å². The maximum absolute atomic E-state index is 14.7. The van der Waals surface area contributed by atoms with Crippen molar-refractivity contribution >= 4 is 42.0 Å². The maximum Gasteiger partial charge on any atom is 0.737 e. The summed E-state index contributed by atoms with van der Waals surface area (Å²) in [6.07, 6.45) is 6.01. The van der Waals surface area contributed by atoms with Gasteiger partial charge >= 0.3 is 6.97 Å². The Hall–Kier alpha value is -1.85. The molecule has 1 aromatic carbocycles. The van der Waals surface area contributed by atoms with Gasteiger partial charge in [0, 0.05) is 23.4 Å². The number of halogens is 4. The van der Waals surface area contributed by atoms with Crippen LogP contribution in [0, 0.1) is 0 Å². The van der Waals surface area contributed by atoms with Gasteiger partial charge in [-0.2, -0.15) is 0 Å². The summed E-state index contributed by atoms with van der Waals surface area (Å²) in [7, 11) is 0. The summed E-state index contributed by atoms with van der Waals surface area (Å²) in [4.78, 5) is 0. The first-order valence-corrected chi connectivity index (χ1v) is 7.46. The maximum atomic E-state index is 14.7. The Labute approximate surface area is 135 Å². The van der Waals surface area contributed by atoms with E-state index in [1.54, 1.807) is 42.5 Å². The van der Waals surface area contributed by atoms with Gasteiger partial charge in [-0.15, -0.1) is 0 Å². The number of rotatable bonds is 1. The number of nitrogens with zero attached hydrogens (tertiary/aromatic N) is 2. The molecule has 0 amide bonds. The van der Waals surface area contributed by atoms with Gasteiger partial charge in [0.15, 0.2) is 5.70 Å². The number of benzene rings is 1. The third kappa shape index (κ3) is 1.69. The van der Waals surface area contributed by atoms with Crippen LogP contribution in [0.3, 0.4) is 0 Å². The van der Waals surface area contributed by atoms with Gasteiger partial charge in [-0.3, -0.25) is 0 Å². The van der Waals surface area contributed by atoms with Crippen molar-refractivity contribution in [1.82, 2.24) is 4.48 Å². The van der Waals surface area contributed by atoms with Crippen LogP contribution in [0.25, 0.3) is 5.57 Å². The van der Waals surface area contributed by atoms with Crippen molar-refractivity contribution in [2.45, 2.75) is 0 Å². The quantitative estimate of drug-likeness (QED) is 0.680. The second-order valence-electron chi connectivity index (χ2n) is 5.16. The number of hydrogen-bond acceptors (Lipinski definition) is 0. The summed E-state index contributed by atoms with van der Waals surface area (Å²) in [6.45, 7) is -3.91. The van der Waals surface area contributed by atoms with E-state index in [9.17, 15) is 8.63 Å². The minimum atomic E-state index is -3.91. The average molecular weight is 337 g/mol. The van der Waals surface area contributed by atoms with E-state index in [2.05, 4.69) is 0 Å². The van der Waals surface area contributed by atoms with E-state index in [-0.39, 0.29) is 0 Å². The molecule has 0 spiro atoms. The fourth-order valence-corrected chi connectivity index (χ4v) is 3.60. The molecule has 0 fully saturated rings. The van der Waals surface area contributed by atoms with Gasteiger partial charge in [0.05, 0.1) is 15.6 Å². The van der Waals surface area contributed by atoms with E-state index in [0.29, 0.717) is 32.6 Å². The minimum Gasteiger partial charge on any atom is -0.396 e. The third-order valence-corrected chi connectivity index (χ3v) is 4.58. The van der Waals surface area contributed by atoms with E-state index in [0.717, 1.165) is 8.96 Å². The lowest BCUT2D eigenvalue weighted by atomic mass is 9.86. The highest BCUT2D eigenvalue weighted by molar-refractivity contribution is 6.57. The van der Waals surface area contributed by atoms with Crippen LogP contribution in [0.2, 0.25) is 10.0 Å². The minimum absolute atomic E-state index is 0.409. The Balaban J connectivity index is 2.12. The predicted octanol–water partition coefficient (Wildman–Crippen LogP) is 4.44. The first-order chi connectivity index (χ1) is 10.5. The third-order valence-electron chi connectivity index (χ3n) is 3.95. The largest absolute Gasteiger partial charge is 0.737 e. The summed E-state index contributed by atoms with van der Waals surface area (Å²) >= 11 is 12.6. The summed E-state index contributed by atoms with van der Waals surface area (Å²) in [5.41, 5.74) is 1.99. The van der Waals surface area contributed by atoms with Crippen LogP contribution in [0.5, 0.6) is 0 Å². The topological polar surface area (TPSA) is 7.94 Å². The standard InChI is InChI=1S/C15H9BCl2F2N2/c17-10-4-1-5-11(18)14(10)15-12-6-2-8-21(12)16(19,20)22-9-3-7-13(15)22/h1-9H. The van der Waals surface area contributed by atoms with Crippen molar-refractivity contribution < 1.29 is 13.1 Å². The fourth-order valence-electron chi connectivity index (χ4n) is 3.01. The number of hydrogen-bond donors (Lipinski definition) is 0. The molecule has 3 heterocycles. The molecule has 22 heavy (non-hydrogen) atoms. The number of fused-ring (bicyclic) bond motifs is 2. The molecule has 2 aliphatic heterocycles. The van der Waals surface area contributed by atoms with Gasteiger partial charge < -0.3 is 17.6 Å². The van der Waals surface area contributed by atoms with Crippen LogP contribution in [-0.2, 0) is 0 Å². The first-order valence-electron chi connectivity index (χ1n) is 6.70. The van der Waals surface area contributed by atoms with Crippen LogP contribution < -0.4 is 0 Å². The van der Waals surface area contributed by atoms with Gasteiger partial charge in [0.25, 0.3) is 0 Å². The van der Waals surface area contributed by atoms with Crippen molar-refractivity contribution in [3.8, 4) is 0 Å². The van der Waals surface area contributed by atoms with Crippen LogP contribution in [-0.4, -0.2) is 22.1 Å². The highest BCUT2D eigenvalue weighted by Crippen LogP contribution is 2.42. The highest BCUT2D eigenvalue weighted by Gasteiger charge is 2.51. The molecule has 0 saturated carbocycles.